The SMILES string of the molecule is Cl.N[C@H]1C[C@H](C(=O)Nc2ccccc2CNC(=O)c2ccc(Cl)s2)CC[C@H]1N1CCOCC1=O. The van der Waals surface area contributed by atoms with Crippen molar-refractivity contribution in [1.29, 1.82) is 0 Å². The Kier molecular flexibility index (Phi) is 9.32. The fourth-order valence-corrected chi connectivity index (χ4v) is 5.38. The van der Waals surface area contributed by atoms with Crippen molar-refractivity contribution in [3.63, 3.8) is 0 Å². The lowest BCUT2D eigenvalue weighted by Gasteiger charge is -2.42. The number of benzene rings is 1. The maximum atomic E-state index is 13.0. The second-order valence-corrected chi connectivity index (χ2v) is 10.0. The molecule has 2 aromatic rings. The number of para-hydroxylation sites is 1. The van der Waals surface area contributed by atoms with Crippen LogP contribution in [0, 0.1) is 5.92 Å². The van der Waals surface area contributed by atoms with Crippen LogP contribution in [-0.4, -0.2) is 54.5 Å². The van der Waals surface area contributed by atoms with Crippen LogP contribution in [-0.2, 0) is 20.9 Å². The van der Waals surface area contributed by atoms with Crippen LogP contribution in [0.4, 0.5) is 5.69 Å². The van der Waals surface area contributed by atoms with Crippen molar-refractivity contribution in [1.82, 2.24) is 10.2 Å². The first-order valence-electron chi connectivity index (χ1n) is 11.0. The van der Waals surface area contributed by atoms with E-state index in [2.05, 4.69) is 10.6 Å². The van der Waals surface area contributed by atoms with E-state index in [0.717, 1.165) is 5.56 Å². The molecule has 1 saturated carbocycles. The molecular formula is C23H28Cl2N4O4S. The molecule has 11 heteroatoms. The summed E-state index contributed by atoms with van der Waals surface area (Å²) in [4.78, 5) is 39.8. The summed E-state index contributed by atoms with van der Waals surface area (Å²) in [6, 6.07) is 10.4. The minimum Gasteiger partial charge on any atom is -0.370 e. The summed E-state index contributed by atoms with van der Waals surface area (Å²) >= 11 is 7.12. The standard InChI is InChI=1S/C23H27ClN4O4S.ClH/c24-20-8-7-19(33-20)23(31)26-12-15-3-1-2-4-17(15)27-22(30)14-5-6-18(16(25)11-14)28-9-10-32-13-21(28)29;/h1-4,7-8,14,16,18H,5-6,9-13,25H2,(H,26,31)(H,27,30);1H/t14-,16+,18-;/m1./s1. The lowest BCUT2D eigenvalue weighted by Crippen LogP contribution is -2.57. The number of halogens is 2. The zero-order chi connectivity index (χ0) is 23.4. The molecule has 2 fully saturated rings. The maximum absolute atomic E-state index is 13.0. The molecule has 0 bridgehead atoms. The summed E-state index contributed by atoms with van der Waals surface area (Å²) in [5, 5.41) is 5.88. The maximum Gasteiger partial charge on any atom is 0.261 e. The molecule has 8 nitrogen and oxygen atoms in total. The molecule has 4 rings (SSSR count). The predicted octanol–water partition coefficient (Wildman–Crippen LogP) is 3.05. The van der Waals surface area contributed by atoms with Crippen LogP contribution in [0.15, 0.2) is 36.4 Å². The highest BCUT2D eigenvalue weighted by atomic mass is 35.5. The van der Waals surface area contributed by atoms with Crippen molar-refractivity contribution in [2.45, 2.75) is 37.9 Å². The predicted molar refractivity (Wildman–Crippen MR) is 134 cm³/mol. The molecule has 184 valence electrons. The van der Waals surface area contributed by atoms with E-state index in [0.29, 0.717) is 47.3 Å². The zero-order valence-electron chi connectivity index (χ0n) is 18.5. The molecule has 4 N–H and O–H groups in total. The number of amides is 3. The molecule has 0 unspecified atom stereocenters. The Bertz CT molecular complexity index is 1030. The first kappa shape index (κ1) is 26.4. The number of nitrogens with two attached hydrogens (primary N) is 1. The first-order valence-corrected chi connectivity index (χ1v) is 12.2. The van der Waals surface area contributed by atoms with Gasteiger partial charge in [0.1, 0.15) is 6.61 Å². The van der Waals surface area contributed by atoms with Crippen LogP contribution in [0.2, 0.25) is 4.34 Å². The van der Waals surface area contributed by atoms with E-state index in [9.17, 15) is 14.4 Å². The fourth-order valence-electron chi connectivity index (χ4n) is 4.43. The number of hydrogen-bond donors (Lipinski definition) is 3. The van der Waals surface area contributed by atoms with Gasteiger partial charge in [-0.3, -0.25) is 14.4 Å². The molecule has 34 heavy (non-hydrogen) atoms. The highest BCUT2D eigenvalue weighted by Gasteiger charge is 2.37. The van der Waals surface area contributed by atoms with Gasteiger partial charge in [0.05, 0.1) is 15.8 Å². The van der Waals surface area contributed by atoms with Gasteiger partial charge < -0.3 is 26.0 Å². The third kappa shape index (κ3) is 6.28. The molecule has 1 aromatic carbocycles. The highest BCUT2D eigenvalue weighted by Crippen LogP contribution is 2.29. The third-order valence-corrected chi connectivity index (χ3v) is 7.40. The Balaban J connectivity index is 0.00000324. The summed E-state index contributed by atoms with van der Waals surface area (Å²) in [5.74, 6) is -0.579. The van der Waals surface area contributed by atoms with Gasteiger partial charge in [-0.25, -0.2) is 0 Å². The zero-order valence-corrected chi connectivity index (χ0v) is 20.9. The molecule has 2 heterocycles. The van der Waals surface area contributed by atoms with Crippen molar-refractivity contribution >= 4 is 58.8 Å². The number of thiophene rings is 1. The molecule has 3 amide bonds. The monoisotopic (exact) mass is 526 g/mol. The number of morpholine rings is 1. The highest BCUT2D eigenvalue weighted by molar-refractivity contribution is 7.18. The quantitative estimate of drug-likeness (QED) is 0.535. The van der Waals surface area contributed by atoms with Crippen molar-refractivity contribution < 1.29 is 19.1 Å². The van der Waals surface area contributed by atoms with Crippen LogP contribution in [0.25, 0.3) is 0 Å². The van der Waals surface area contributed by atoms with Crippen LogP contribution in [0.3, 0.4) is 0 Å². The number of carbonyl (C=O) groups excluding carboxylic acids is 3. The average Bonchev–Trinajstić information content (AvgIpc) is 3.25. The van der Waals surface area contributed by atoms with E-state index < -0.39 is 0 Å². The Morgan fingerprint density at radius 1 is 1.21 bits per heavy atom. The molecule has 3 atom stereocenters. The topological polar surface area (TPSA) is 114 Å². The number of carbonyl (C=O) groups is 3. The molecule has 0 radical (unpaired) electrons. The van der Waals surface area contributed by atoms with Gasteiger partial charge in [0.2, 0.25) is 11.8 Å². The summed E-state index contributed by atoms with van der Waals surface area (Å²) in [6.45, 7) is 1.44. The number of rotatable bonds is 6. The molecule has 1 saturated heterocycles. The number of anilines is 1. The molecular weight excluding hydrogens is 499 g/mol. The van der Waals surface area contributed by atoms with E-state index in [4.69, 9.17) is 22.1 Å². The van der Waals surface area contributed by atoms with Crippen LogP contribution < -0.4 is 16.4 Å². The third-order valence-electron chi connectivity index (χ3n) is 6.17. The Morgan fingerprint density at radius 2 is 2.00 bits per heavy atom. The molecule has 1 aliphatic heterocycles. The second kappa shape index (κ2) is 12.0. The summed E-state index contributed by atoms with van der Waals surface area (Å²) in [6.07, 6.45) is 1.86. The molecule has 1 aliphatic carbocycles. The Labute approximate surface area is 213 Å². The minimum absolute atomic E-state index is 0. The van der Waals surface area contributed by atoms with Crippen molar-refractivity contribution in [2.24, 2.45) is 11.7 Å². The van der Waals surface area contributed by atoms with Gasteiger partial charge in [-0.2, -0.15) is 0 Å². The second-order valence-electron chi connectivity index (χ2n) is 8.31. The largest absolute Gasteiger partial charge is 0.370 e. The van der Waals surface area contributed by atoms with Gasteiger partial charge in [-0.1, -0.05) is 29.8 Å². The lowest BCUT2D eigenvalue weighted by atomic mass is 9.81. The van der Waals surface area contributed by atoms with Crippen molar-refractivity contribution in [3.8, 4) is 0 Å². The van der Waals surface area contributed by atoms with E-state index in [1.807, 2.05) is 24.3 Å². The van der Waals surface area contributed by atoms with Gasteiger partial charge in [-0.05, 0) is 43.0 Å². The van der Waals surface area contributed by atoms with Crippen LogP contribution >= 0.6 is 35.3 Å². The van der Waals surface area contributed by atoms with E-state index in [-0.39, 0.29) is 61.3 Å². The summed E-state index contributed by atoms with van der Waals surface area (Å²) in [7, 11) is 0. The normalized spacial score (nSPS) is 22.6. The number of ether oxygens (including phenoxy) is 1. The minimum atomic E-state index is -0.260. The van der Waals surface area contributed by atoms with Crippen molar-refractivity contribution in [3.05, 3.63) is 51.2 Å². The fraction of sp³-hybridized carbons (Fsp3) is 0.435. The number of hydrogen-bond acceptors (Lipinski definition) is 6. The summed E-state index contributed by atoms with van der Waals surface area (Å²) < 4.78 is 5.76. The van der Waals surface area contributed by atoms with Gasteiger partial charge >= 0.3 is 0 Å². The molecule has 1 aromatic heterocycles. The Hall–Kier alpha value is -2.17. The van der Waals surface area contributed by atoms with Crippen LogP contribution in [0.1, 0.15) is 34.5 Å². The number of nitrogens with zero attached hydrogens (tertiary/aromatic N) is 1. The smallest absolute Gasteiger partial charge is 0.261 e. The van der Waals surface area contributed by atoms with Gasteiger partial charge in [0.25, 0.3) is 5.91 Å². The average molecular weight is 527 g/mol. The van der Waals surface area contributed by atoms with E-state index in [1.54, 1.807) is 17.0 Å². The first-order chi connectivity index (χ1) is 15.9. The van der Waals surface area contributed by atoms with Gasteiger partial charge in [0.15, 0.2) is 0 Å². The summed E-state index contributed by atoms with van der Waals surface area (Å²) in [5.41, 5.74) is 7.85. The van der Waals surface area contributed by atoms with Crippen LogP contribution in [0.5, 0.6) is 0 Å². The molecule has 2 aliphatic rings. The van der Waals surface area contributed by atoms with E-state index in [1.165, 1.54) is 11.3 Å². The molecule has 0 spiro atoms. The Morgan fingerprint density at radius 3 is 2.71 bits per heavy atom. The van der Waals surface area contributed by atoms with E-state index >= 15 is 0 Å². The van der Waals surface area contributed by atoms with Crippen molar-refractivity contribution in [2.75, 3.05) is 25.1 Å². The van der Waals surface area contributed by atoms with Gasteiger partial charge in [0, 0.05) is 36.8 Å². The lowest BCUT2D eigenvalue weighted by molar-refractivity contribution is -0.147. The number of nitrogens with one attached hydrogen (secondary N) is 2. The van der Waals surface area contributed by atoms with Gasteiger partial charge in [-0.15, -0.1) is 23.7 Å².